The maximum absolute atomic E-state index is 13.3. The van der Waals surface area contributed by atoms with Gasteiger partial charge in [-0.2, -0.15) is 0 Å². The van der Waals surface area contributed by atoms with Crippen molar-refractivity contribution < 1.29 is 22.4 Å². The van der Waals surface area contributed by atoms with Crippen molar-refractivity contribution in [1.29, 1.82) is 0 Å². The molecule has 1 atom stereocenters. The zero-order chi connectivity index (χ0) is 17.7. The van der Waals surface area contributed by atoms with Gasteiger partial charge in [0.2, 0.25) is 5.78 Å². The Labute approximate surface area is 144 Å². The number of amides is 1. The van der Waals surface area contributed by atoms with Gasteiger partial charge in [-0.25, -0.2) is 12.8 Å². The van der Waals surface area contributed by atoms with E-state index in [1.165, 1.54) is 12.1 Å². The second kappa shape index (κ2) is 8.04. The summed E-state index contributed by atoms with van der Waals surface area (Å²) >= 11 is 5.55. The molecule has 1 aromatic rings. The van der Waals surface area contributed by atoms with Gasteiger partial charge in [-0.1, -0.05) is 17.7 Å². The number of sulfone groups is 1. The minimum Gasteiger partial charge on any atom is -0.348 e. The van der Waals surface area contributed by atoms with Gasteiger partial charge in [-0.3, -0.25) is 9.59 Å². The first-order valence-electron chi connectivity index (χ1n) is 7.45. The van der Waals surface area contributed by atoms with E-state index in [9.17, 15) is 22.4 Å². The SMILES string of the molecule is O=C(Cc1ccc(Cl)c(F)c1)C(=O)NCCNC1CCS(=O)(=O)C1. The van der Waals surface area contributed by atoms with Crippen LogP contribution in [0, 0.1) is 5.82 Å². The van der Waals surface area contributed by atoms with Crippen molar-refractivity contribution in [3.05, 3.63) is 34.6 Å². The van der Waals surface area contributed by atoms with E-state index < -0.39 is 27.3 Å². The third-order valence-electron chi connectivity index (χ3n) is 3.68. The van der Waals surface area contributed by atoms with Crippen molar-refractivity contribution in [2.45, 2.75) is 18.9 Å². The molecule has 0 radical (unpaired) electrons. The molecule has 9 heteroatoms. The number of Topliss-reactive ketones (excluding diaryl/α,β-unsaturated/α-hetero) is 1. The molecule has 6 nitrogen and oxygen atoms in total. The van der Waals surface area contributed by atoms with Crippen molar-refractivity contribution in [2.24, 2.45) is 0 Å². The number of carbonyl (C=O) groups is 2. The van der Waals surface area contributed by atoms with Crippen LogP contribution in [0.1, 0.15) is 12.0 Å². The normalized spacial score (nSPS) is 19.2. The topological polar surface area (TPSA) is 92.3 Å². The highest BCUT2D eigenvalue weighted by Gasteiger charge is 2.27. The number of halogens is 2. The standard InChI is InChI=1S/C15H18ClFN2O4S/c16-12-2-1-10(7-13(12)17)8-14(20)15(21)19-5-4-18-11-3-6-24(22,23)9-11/h1-2,7,11,18H,3-6,8-9H2,(H,19,21). The van der Waals surface area contributed by atoms with Gasteiger partial charge in [0.15, 0.2) is 9.84 Å². The Morgan fingerprint density at radius 3 is 2.67 bits per heavy atom. The summed E-state index contributed by atoms with van der Waals surface area (Å²) in [7, 11) is -2.95. The number of benzene rings is 1. The molecule has 2 N–H and O–H groups in total. The van der Waals surface area contributed by atoms with Crippen LogP contribution >= 0.6 is 11.6 Å². The third kappa shape index (κ3) is 5.54. The lowest BCUT2D eigenvalue weighted by atomic mass is 10.1. The Hall–Kier alpha value is -1.51. The Morgan fingerprint density at radius 2 is 2.04 bits per heavy atom. The lowest BCUT2D eigenvalue weighted by molar-refractivity contribution is -0.137. The van der Waals surface area contributed by atoms with E-state index >= 15 is 0 Å². The molecule has 0 saturated carbocycles. The molecule has 1 aliphatic heterocycles. The summed E-state index contributed by atoms with van der Waals surface area (Å²) < 4.78 is 35.9. The number of ketones is 1. The van der Waals surface area contributed by atoms with Crippen molar-refractivity contribution in [3.8, 4) is 0 Å². The van der Waals surface area contributed by atoms with Crippen LogP contribution in [0.25, 0.3) is 0 Å². The summed E-state index contributed by atoms with van der Waals surface area (Å²) in [6, 6.07) is 3.82. The monoisotopic (exact) mass is 376 g/mol. The van der Waals surface area contributed by atoms with Crippen LogP contribution in [0.4, 0.5) is 4.39 Å². The fourth-order valence-corrected chi connectivity index (χ4v) is 4.25. The Morgan fingerprint density at radius 1 is 1.29 bits per heavy atom. The number of hydrogen-bond acceptors (Lipinski definition) is 5. The van der Waals surface area contributed by atoms with Gasteiger partial charge in [-0.15, -0.1) is 0 Å². The van der Waals surface area contributed by atoms with E-state index in [1.807, 2.05) is 0 Å². The summed E-state index contributed by atoms with van der Waals surface area (Å²) in [5.41, 5.74) is 0.367. The van der Waals surface area contributed by atoms with E-state index in [0.717, 1.165) is 6.07 Å². The molecule has 2 rings (SSSR count). The van der Waals surface area contributed by atoms with Crippen LogP contribution < -0.4 is 10.6 Å². The second-order valence-corrected chi connectivity index (χ2v) is 8.29. The minimum absolute atomic E-state index is 0.0457. The minimum atomic E-state index is -2.95. The average molecular weight is 377 g/mol. The molecule has 1 saturated heterocycles. The van der Waals surface area contributed by atoms with Gasteiger partial charge in [0.1, 0.15) is 5.82 Å². The highest BCUT2D eigenvalue weighted by Crippen LogP contribution is 2.16. The number of hydrogen-bond donors (Lipinski definition) is 2. The first-order valence-corrected chi connectivity index (χ1v) is 9.65. The van der Waals surface area contributed by atoms with Gasteiger partial charge in [0, 0.05) is 25.6 Å². The van der Waals surface area contributed by atoms with Crippen LogP contribution in [0.2, 0.25) is 5.02 Å². The molecular formula is C15H18ClFN2O4S. The predicted molar refractivity (Wildman–Crippen MR) is 88.2 cm³/mol. The molecule has 1 heterocycles. The predicted octanol–water partition coefficient (Wildman–Crippen LogP) is 0.484. The molecular weight excluding hydrogens is 359 g/mol. The summed E-state index contributed by atoms with van der Waals surface area (Å²) in [5.74, 6) is -1.81. The van der Waals surface area contributed by atoms with Gasteiger partial charge in [0.05, 0.1) is 16.5 Å². The molecule has 1 unspecified atom stereocenters. The lowest BCUT2D eigenvalue weighted by Crippen LogP contribution is -2.40. The van der Waals surface area contributed by atoms with Gasteiger partial charge >= 0.3 is 0 Å². The Balaban J connectivity index is 1.70. The zero-order valence-electron chi connectivity index (χ0n) is 12.8. The summed E-state index contributed by atoms with van der Waals surface area (Å²) in [4.78, 5) is 23.5. The van der Waals surface area contributed by atoms with E-state index in [4.69, 9.17) is 11.6 Å². The molecule has 0 aliphatic carbocycles. The molecule has 0 aromatic heterocycles. The quantitative estimate of drug-likeness (QED) is 0.533. The van der Waals surface area contributed by atoms with Gasteiger partial charge in [-0.05, 0) is 24.1 Å². The van der Waals surface area contributed by atoms with Crippen LogP contribution in [-0.2, 0) is 25.8 Å². The second-order valence-electron chi connectivity index (χ2n) is 5.66. The largest absolute Gasteiger partial charge is 0.348 e. The highest BCUT2D eigenvalue weighted by atomic mass is 35.5. The number of rotatable bonds is 7. The first-order chi connectivity index (χ1) is 11.3. The van der Waals surface area contributed by atoms with Crippen LogP contribution in [0.3, 0.4) is 0 Å². The van der Waals surface area contributed by atoms with E-state index in [1.54, 1.807) is 0 Å². The average Bonchev–Trinajstić information content (AvgIpc) is 2.86. The van der Waals surface area contributed by atoms with Crippen LogP contribution in [-0.4, -0.2) is 50.7 Å². The third-order valence-corrected chi connectivity index (χ3v) is 5.75. The highest BCUT2D eigenvalue weighted by molar-refractivity contribution is 7.91. The molecule has 0 bridgehead atoms. The van der Waals surface area contributed by atoms with E-state index in [2.05, 4.69) is 10.6 Å². The molecule has 1 aromatic carbocycles. The van der Waals surface area contributed by atoms with Gasteiger partial charge in [0.25, 0.3) is 5.91 Å². The molecule has 0 spiro atoms. The number of carbonyl (C=O) groups excluding carboxylic acids is 2. The van der Waals surface area contributed by atoms with Crippen molar-refractivity contribution >= 4 is 33.1 Å². The molecule has 1 aliphatic rings. The molecule has 1 amide bonds. The van der Waals surface area contributed by atoms with Crippen molar-refractivity contribution in [3.63, 3.8) is 0 Å². The van der Waals surface area contributed by atoms with Crippen LogP contribution in [0.15, 0.2) is 18.2 Å². The summed E-state index contributed by atoms with van der Waals surface area (Å²) in [5, 5.41) is 5.43. The molecule has 1 fully saturated rings. The van der Waals surface area contributed by atoms with Crippen LogP contribution in [0.5, 0.6) is 0 Å². The van der Waals surface area contributed by atoms with E-state index in [0.29, 0.717) is 18.5 Å². The van der Waals surface area contributed by atoms with Crippen molar-refractivity contribution in [2.75, 3.05) is 24.6 Å². The fraction of sp³-hybridized carbons (Fsp3) is 0.467. The smallest absolute Gasteiger partial charge is 0.287 e. The maximum Gasteiger partial charge on any atom is 0.287 e. The summed E-state index contributed by atoms with van der Waals surface area (Å²) in [6.45, 7) is 0.574. The number of nitrogens with one attached hydrogen (secondary N) is 2. The molecule has 24 heavy (non-hydrogen) atoms. The Kier molecular flexibility index (Phi) is 6.31. The molecule has 132 valence electrons. The fourth-order valence-electron chi connectivity index (χ4n) is 2.42. The zero-order valence-corrected chi connectivity index (χ0v) is 14.4. The summed E-state index contributed by atoms with van der Waals surface area (Å²) in [6.07, 6.45) is 0.339. The first kappa shape index (κ1) is 18.8. The maximum atomic E-state index is 13.3. The van der Waals surface area contributed by atoms with E-state index in [-0.39, 0.29) is 35.5 Å². The van der Waals surface area contributed by atoms with Gasteiger partial charge < -0.3 is 10.6 Å². The van der Waals surface area contributed by atoms with Crippen molar-refractivity contribution in [1.82, 2.24) is 10.6 Å². The Bertz CT molecular complexity index is 739. The lowest BCUT2D eigenvalue weighted by Gasteiger charge is -2.11.